The molecule has 0 aliphatic carbocycles. The Balaban J connectivity index is 2.00. The zero-order chi connectivity index (χ0) is 23.1. The summed E-state index contributed by atoms with van der Waals surface area (Å²) in [7, 11) is 0. The zero-order valence-electron chi connectivity index (χ0n) is 17.4. The van der Waals surface area contributed by atoms with Crippen LogP contribution in [0.1, 0.15) is 49.0 Å². The molecule has 0 heterocycles. The largest absolute Gasteiger partial charge is 0.452 e. The van der Waals surface area contributed by atoms with E-state index in [4.69, 9.17) is 33.7 Å². The average Bonchev–Trinajstić information content (AvgIpc) is 2.67. The van der Waals surface area contributed by atoms with Gasteiger partial charge < -0.3 is 21.1 Å². The number of urea groups is 1. The number of nitrogens with two attached hydrogens (primary N) is 1. The predicted molar refractivity (Wildman–Crippen MR) is 120 cm³/mol. The normalized spacial score (nSPS) is 13.6. The van der Waals surface area contributed by atoms with E-state index in [9.17, 15) is 14.4 Å². The van der Waals surface area contributed by atoms with Crippen molar-refractivity contribution in [1.29, 1.82) is 0 Å². The summed E-state index contributed by atoms with van der Waals surface area (Å²) in [5, 5.41) is 6.21. The van der Waals surface area contributed by atoms with E-state index in [1.54, 1.807) is 37.3 Å². The lowest BCUT2D eigenvalue weighted by atomic mass is 9.99. The van der Waals surface area contributed by atoms with Gasteiger partial charge in [0, 0.05) is 10.0 Å². The summed E-state index contributed by atoms with van der Waals surface area (Å²) in [6.45, 7) is 5.08. The van der Waals surface area contributed by atoms with Crippen LogP contribution in [0, 0.1) is 6.92 Å². The molecule has 2 aromatic rings. The van der Waals surface area contributed by atoms with Crippen LogP contribution in [0.3, 0.4) is 0 Å². The minimum Gasteiger partial charge on any atom is -0.452 e. The lowest BCUT2D eigenvalue weighted by Crippen LogP contribution is -2.39. The van der Waals surface area contributed by atoms with Gasteiger partial charge in [-0.3, -0.25) is 9.59 Å². The van der Waals surface area contributed by atoms with Crippen LogP contribution < -0.4 is 16.4 Å². The molecular weight excluding hydrogens is 441 g/mol. The molecule has 3 unspecified atom stereocenters. The molecule has 0 saturated heterocycles. The quantitative estimate of drug-likeness (QED) is 0.506. The number of carbonyl (C=O) groups excluding carboxylic acids is 3. The Morgan fingerprint density at radius 1 is 1.03 bits per heavy atom. The maximum atomic E-state index is 12.5. The molecule has 166 valence electrons. The van der Waals surface area contributed by atoms with Gasteiger partial charge in [0.05, 0.1) is 18.5 Å². The Kier molecular flexibility index (Phi) is 8.71. The van der Waals surface area contributed by atoms with Crippen LogP contribution >= 0.6 is 23.2 Å². The van der Waals surface area contributed by atoms with Crippen LogP contribution in [0.4, 0.5) is 4.79 Å². The number of primary amides is 1. The minimum atomic E-state index is -1.05. The Morgan fingerprint density at radius 2 is 1.71 bits per heavy atom. The van der Waals surface area contributed by atoms with Crippen LogP contribution in [0.5, 0.6) is 0 Å². The molecular formula is C22H25Cl2N3O4. The van der Waals surface area contributed by atoms with Crippen LogP contribution in [-0.4, -0.2) is 24.0 Å². The number of ether oxygens (including phenoxy) is 1. The van der Waals surface area contributed by atoms with Gasteiger partial charge in [-0.1, -0.05) is 53.5 Å². The van der Waals surface area contributed by atoms with E-state index in [2.05, 4.69) is 10.6 Å². The van der Waals surface area contributed by atoms with E-state index in [1.165, 1.54) is 6.92 Å². The van der Waals surface area contributed by atoms with Crippen LogP contribution in [0.2, 0.25) is 10.0 Å². The lowest BCUT2D eigenvalue weighted by molar-refractivity contribution is -0.155. The standard InChI is InChI=1S/C22H25Cl2N3O4/c1-12-6-4-5-7-16(12)19(27-22(25)30)11-20(28)31-14(3)21(29)26-13(2)17-9-8-15(23)10-18(17)24/h4-10,13-14,19H,11H2,1-3H3,(H,26,29)(H3,25,27,30). The Morgan fingerprint density at radius 3 is 2.32 bits per heavy atom. The number of nitrogens with one attached hydrogen (secondary N) is 2. The Hall–Kier alpha value is -2.77. The molecule has 2 rings (SSSR count). The molecule has 3 atom stereocenters. The molecule has 0 fully saturated rings. The number of hydrogen-bond donors (Lipinski definition) is 3. The number of carbonyl (C=O) groups is 3. The second-order valence-corrected chi connectivity index (χ2v) is 7.99. The van der Waals surface area contributed by atoms with E-state index in [0.717, 1.165) is 11.1 Å². The van der Waals surface area contributed by atoms with Crippen molar-refractivity contribution < 1.29 is 19.1 Å². The van der Waals surface area contributed by atoms with Gasteiger partial charge in [0.1, 0.15) is 0 Å². The molecule has 31 heavy (non-hydrogen) atoms. The zero-order valence-corrected chi connectivity index (χ0v) is 19.0. The molecule has 0 bridgehead atoms. The van der Waals surface area contributed by atoms with E-state index in [0.29, 0.717) is 15.6 Å². The third-order valence-corrected chi connectivity index (χ3v) is 5.28. The fraction of sp³-hybridized carbons (Fsp3) is 0.318. The van der Waals surface area contributed by atoms with Crippen molar-refractivity contribution in [3.05, 3.63) is 69.2 Å². The molecule has 3 amide bonds. The summed E-state index contributed by atoms with van der Waals surface area (Å²) in [4.78, 5) is 36.3. The van der Waals surface area contributed by atoms with Crippen molar-refractivity contribution >= 4 is 41.1 Å². The first-order chi connectivity index (χ1) is 14.6. The van der Waals surface area contributed by atoms with Crippen LogP contribution in [0.15, 0.2) is 42.5 Å². The number of benzene rings is 2. The number of aryl methyl sites for hydroxylation is 1. The third-order valence-electron chi connectivity index (χ3n) is 4.72. The summed E-state index contributed by atoms with van der Waals surface area (Å²) >= 11 is 12.1. The maximum Gasteiger partial charge on any atom is 0.312 e. The second-order valence-electron chi connectivity index (χ2n) is 7.15. The van der Waals surface area contributed by atoms with Gasteiger partial charge in [0.2, 0.25) is 0 Å². The molecule has 0 radical (unpaired) electrons. The topological polar surface area (TPSA) is 111 Å². The monoisotopic (exact) mass is 465 g/mol. The fourth-order valence-electron chi connectivity index (χ4n) is 3.11. The molecule has 0 saturated carbocycles. The van der Waals surface area contributed by atoms with Gasteiger partial charge >= 0.3 is 12.0 Å². The fourth-order valence-corrected chi connectivity index (χ4v) is 3.69. The highest BCUT2D eigenvalue weighted by molar-refractivity contribution is 6.35. The third kappa shape index (κ3) is 7.15. The number of halogens is 2. The van der Waals surface area contributed by atoms with Gasteiger partial charge in [0.25, 0.3) is 5.91 Å². The molecule has 0 spiro atoms. The van der Waals surface area contributed by atoms with Crippen molar-refractivity contribution in [3.8, 4) is 0 Å². The van der Waals surface area contributed by atoms with Crippen molar-refractivity contribution in [2.75, 3.05) is 0 Å². The first kappa shape index (κ1) is 24.5. The molecule has 4 N–H and O–H groups in total. The summed E-state index contributed by atoms with van der Waals surface area (Å²) in [6, 6.07) is 10.4. The number of rotatable bonds is 8. The first-order valence-corrected chi connectivity index (χ1v) is 10.4. The molecule has 0 aliphatic heterocycles. The maximum absolute atomic E-state index is 12.5. The molecule has 7 nitrogen and oxygen atoms in total. The van der Waals surface area contributed by atoms with Crippen LogP contribution in [-0.2, 0) is 14.3 Å². The van der Waals surface area contributed by atoms with Crippen molar-refractivity contribution in [1.82, 2.24) is 10.6 Å². The van der Waals surface area contributed by atoms with Crippen molar-refractivity contribution in [3.63, 3.8) is 0 Å². The van der Waals surface area contributed by atoms with Gasteiger partial charge in [-0.15, -0.1) is 0 Å². The lowest BCUT2D eigenvalue weighted by Gasteiger charge is -2.22. The van der Waals surface area contributed by atoms with Gasteiger partial charge in [-0.25, -0.2) is 4.79 Å². The molecule has 9 heteroatoms. The molecule has 0 aromatic heterocycles. The average molecular weight is 466 g/mol. The van der Waals surface area contributed by atoms with Crippen molar-refractivity contribution in [2.45, 2.75) is 45.4 Å². The highest BCUT2D eigenvalue weighted by Crippen LogP contribution is 2.26. The Bertz CT molecular complexity index is 968. The van der Waals surface area contributed by atoms with Gasteiger partial charge in [-0.2, -0.15) is 0 Å². The van der Waals surface area contributed by atoms with E-state index >= 15 is 0 Å². The minimum absolute atomic E-state index is 0.177. The van der Waals surface area contributed by atoms with Gasteiger partial charge in [0.15, 0.2) is 6.10 Å². The summed E-state index contributed by atoms with van der Waals surface area (Å²) in [6.07, 6.45) is -1.23. The predicted octanol–water partition coefficient (Wildman–Crippen LogP) is 4.21. The summed E-state index contributed by atoms with van der Waals surface area (Å²) in [5.74, 6) is -1.14. The van der Waals surface area contributed by atoms with Crippen molar-refractivity contribution in [2.24, 2.45) is 5.73 Å². The van der Waals surface area contributed by atoms with E-state index in [-0.39, 0.29) is 6.42 Å². The van der Waals surface area contributed by atoms with Gasteiger partial charge in [-0.05, 0) is 49.6 Å². The first-order valence-electron chi connectivity index (χ1n) is 9.64. The smallest absolute Gasteiger partial charge is 0.312 e. The second kappa shape index (κ2) is 11.0. The van der Waals surface area contributed by atoms with E-state index in [1.807, 2.05) is 19.1 Å². The number of esters is 1. The number of hydrogen-bond acceptors (Lipinski definition) is 4. The highest BCUT2D eigenvalue weighted by atomic mass is 35.5. The molecule has 0 aliphatic rings. The number of amides is 3. The summed E-state index contributed by atoms with van der Waals surface area (Å²) < 4.78 is 5.27. The SMILES string of the molecule is Cc1ccccc1C(CC(=O)OC(C)C(=O)NC(C)c1ccc(Cl)cc1Cl)NC(N)=O. The van der Waals surface area contributed by atoms with E-state index < -0.39 is 36.1 Å². The van der Waals surface area contributed by atoms with Crippen LogP contribution in [0.25, 0.3) is 0 Å². The molecule has 2 aromatic carbocycles. The highest BCUT2D eigenvalue weighted by Gasteiger charge is 2.24. The Labute approximate surface area is 191 Å². The summed E-state index contributed by atoms with van der Waals surface area (Å²) in [5.41, 5.74) is 7.56.